The Labute approximate surface area is 347 Å². The summed E-state index contributed by atoms with van der Waals surface area (Å²) in [6, 6.07) is 22.0. The van der Waals surface area contributed by atoms with Gasteiger partial charge in [-0.15, -0.1) is 0 Å². The van der Waals surface area contributed by atoms with Crippen molar-refractivity contribution in [1.82, 2.24) is 0 Å². The predicted octanol–water partition coefficient (Wildman–Crippen LogP) is 14.1. The molecule has 2 nitrogen and oxygen atoms in total. The summed E-state index contributed by atoms with van der Waals surface area (Å²) in [5.74, 6) is 2.08. The van der Waals surface area contributed by atoms with E-state index in [4.69, 9.17) is 0 Å². The number of hydrogen-bond acceptors (Lipinski definition) is 2. The second-order valence-electron chi connectivity index (χ2n) is 21.4. The first-order chi connectivity index (χ1) is 29.7. The molecule has 12 aromatic rings. The molecule has 2 heteroatoms. The molecule has 0 amide bonds. The van der Waals surface area contributed by atoms with Crippen LogP contribution in [0.15, 0.2) is 54.6 Å². The van der Waals surface area contributed by atoms with Gasteiger partial charge in [-0.2, -0.15) is 0 Å². The normalized spacial score (nSPS) is 24.9. The highest BCUT2D eigenvalue weighted by atomic mass is 16.3. The second-order valence-corrected chi connectivity index (χ2v) is 21.4. The average molecular weight is 772 g/mol. The molecule has 0 bridgehead atoms. The summed E-state index contributed by atoms with van der Waals surface area (Å²) in [6.07, 6.45) is 17.2. The minimum Gasteiger partial charge on any atom is -0.508 e. The van der Waals surface area contributed by atoms with E-state index in [2.05, 4.69) is 54.3 Å². The van der Waals surface area contributed by atoms with Crippen LogP contribution in [0.1, 0.15) is 111 Å². The van der Waals surface area contributed by atoms with E-state index < -0.39 is 0 Å². The van der Waals surface area contributed by atoms with Gasteiger partial charge in [0.05, 0.1) is 0 Å². The summed E-state index contributed by atoms with van der Waals surface area (Å²) in [5, 5.41) is 44.4. The third-order valence-corrected chi connectivity index (χ3v) is 19.3. The van der Waals surface area contributed by atoms with Crippen molar-refractivity contribution in [2.75, 3.05) is 11.4 Å². The molecule has 18 rings (SSSR count). The quantitative estimate of drug-likeness (QED) is 0.105. The minimum absolute atomic E-state index is 0.0832. The van der Waals surface area contributed by atoms with Crippen LogP contribution in [-0.2, 0) is 18.3 Å². The van der Waals surface area contributed by atoms with Gasteiger partial charge in [0.1, 0.15) is 5.75 Å². The van der Waals surface area contributed by atoms with Crippen molar-refractivity contribution in [3.05, 3.63) is 87.6 Å². The highest BCUT2D eigenvalue weighted by Gasteiger charge is 2.66. The van der Waals surface area contributed by atoms with Crippen molar-refractivity contribution >= 4 is 119 Å². The fourth-order valence-electron chi connectivity index (χ4n) is 17.8. The highest BCUT2D eigenvalue weighted by molar-refractivity contribution is 6.62. The van der Waals surface area contributed by atoms with Gasteiger partial charge in [-0.3, -0.25) is 0 Å². The molecule has 1 aliphatic heterocycles. The van der Waals surface area contributed by atoms with Crippen LogP contribution in [0.5, 0.6) is 5.75 Å². The predicted molar refractivity (Wildman–Crippen MR) is 252 cm³/mol. The SMILES string of the molecule is CCCCCCCCCCCC1N(c2ccc(O)cc2)CC2C3CC4=c5c6c7c8c(c9c%10c(cc%11cc%12cc%13cc%14cc(c5c5c%14c%14c%13c%12c%12c%11c%10c8c%12c%14c75)C4)CC921)C63. The molecule has 1 N–H and O–H groups in total. The van der Waals surface area contributed by atoms with E-state index >= 15 is 0 Å². The third kappa shape index (κ3) is 2.83. The molecule has 288 valence electrons. The zero-order valence-corrected chi connectivity index (χ0v) is 34.3. The first-order valence-corrected chi connectivity index (χ1v) is 24.0. The lowest BCUT2D eigenvalue weighted by Gasteiger charge is -2.50. The molecule has 5 atom stereocenters. The van der Waals surface area contributed by atoms with Gasteiger partial charge in [-0.05, 0) is 221 Å². The number of phenols is 1. The van der Waals surface area contributed by atoms with Crippen molar-refractivity contribution in [3.8, 4) is 5.75 Å². The zero-order chi connectivity index (χ0) is 38.4. The van der Waals surface area contributed by atoms with Gasteiger partial charge >= 0.3 is 0 Å². The van der Waals surface area contributed by atoms with Crippen LogP contribution in [-0.4, -0.2) is 17.7 Å². The van der Waals surface area contributed by atoms with E-state index in [9.17, 15) is 5.11 Å². The Kier molecular flexibility index (Phi) is 4.81. The molecule has 0 saturated carbocycles. The lowest BCUT2D eigenvalue weighted by Crippen LogP contribution is -2.51. The summed E-state index contributed by atoms with van der Waals surface area (Å²) >= 11 is 0. The number of unbranched alkanes of at least 4 members (excludes halogenated alkanes) is 8. The number of benzene rings is 9. The van der Waals surface area contributed by atoms with E-state index in [1.807, 2.05) is 23.3 Å². The monoisotopic (exact) mass is 771 g/mol. The maximum absolute atomic E-state index is 10.6. The first kappa shape index (κ1) is 30.6. The Bertz CT molecular complexity index is 3940. The van der Waals surface area contributed by atoms with Gasteiger partial charge in [-0.25, -0.2) is 0 Å². The average Bonchev–Trinajstić information content (AvgIpc) is 4.11. The molecular weight excluding hydrogens is 727 g/mol. The molecule has 5 unspecified atom stereocenters. The number of hydrogen-bond donors (Lipinski definition) is 1. The molecule has 1 heterocycles. The summed E-state index contributed by atoms with van der Waals surface area (Å²) < 4.78 is 0. The van der Waals surface area contributed by atoms with Crippen LogP contribution in [0, 0.1) is 11.8 Å². The largest absolute Gasteiger partial charge is 0.508 e. The molecule has 1 fully saturated rings. The number of nitrogens with zero attached hydrogens (tertiary/aromatic N) is 1. The molecule has 12 aromatic carbocycles. The van der Waals surface area contributed by atoms with E-state index in [1.165, 1.54) is 104 Å². The fourth-order valence-corrected chi connectivity index (χ4v) is 17.8. The Morgan fingerprint density at radius 3 is 1.87 bits per heavy atom. The van der Waals surface area contributed by atoms with Gasteiger partial charge < -0.3 is 10.0 Å². The third-order valence-electron chi connectivity index (χ3n) is 19.3. The standard InChI is InChI=1S/C58H45NO/c1-2-3-4-5-6-7-8-9-10-11-36-58-23-31-21-29-19-26-16-25-17-28-18-27-20-30-22-34(35(58)24-59(36)32-12-14-33(60)15-13-32)44-49-40(30)39(27)46-41(28)45-37(25)38(26)47-42(29)48-43(31)57(58)56(44)55-53(48)51(47)50(45)52(46)54(49)55/h12-19,21,34-36,44,60H,2-11,20,22-24H2,1H3. The Morgan fingerprint density at radius 2 is 1.15 bits per heavy atom. The van der Waals surface area contributed by atoms with Crippen LogP contribution in [0.25, 0.3) is 113 Å². The van der Waals surface area contributed by atoms with E-state index in [0.717, 1.165) is 13.0 Å². The van der Waals surface area contributed by atoms with Crippen molar-refractivity contribution in [2.24, 2.45) is 11.8 Å². The summed E-state index contributed by atoms with van der Waals surface area (Å²) in [7, 11) is 0. The van der Waals surface area contributed by atoms with Crippen LogP contribution < -0.4 is 10.1 Å². The minimum atomic E-state index is 0.0832. The fraction of sp³-hybridized carbons (Fsp3) is 0.345. The maximum Gasteiger partial charge on any atom is 0.115 e. The van der Waals surface area contributed by atoms with Gasteiger partial charge in [0.25, 0.3) is 0 Å². The number of rotatable bonds is 11. The molecule has 0 aromatic heterocycles. The zero-order valence-electron chi connectivity index (χ0n) is 34.3. The molecule has 6 aliphatic rings. The highest BCUT2D eigenvalue weighted by Crippen LogP contribution is 2.74. The lowest BCUT2D eigenvalue weighted by atomic mass is 9.52. The Hall–Kier alpha value is -5.34. The smallest absolute Gasteiger partial charge is 0.115 e. The number of phenolic OH excluding ortho intramolecular Hbond substituents is 1. The number of anilines is 1. The molecule has 1 spiro atoms. The Balaban J connectivity index is 0.970. The van der Waals surface area contributed by atoms with Crippen LogP contribution in [0.3, 0.4) is 0 Å². The maximum atomic E-state index is 10.6. The van der Waals surface area contributed by atoms with Crippen molar-refractivity contribution in [3.63, 3.8) is 0 Å². The van der Waals surface area contributed by atoms with Crippen molar-refractivity contribution in [2.45, 2.75) is 108 Å². The summed E-state index contributed by atoms with van der Waals surface area (Å²) in [6.45, 7) is 3.45. The van der Waals surface area contributed by atoms with E-state index in [-0.39, 0.29) is 5.41 Å². The van der Waals surface area contributed by atoms with Gasteiger partial charge in [0.2, 0.25) is 0 Å². The van der Waals surface area contributed by atoms with Crippen LogP contribution in [0.2, 0.25) is 0 Å². The number of fused-ring (bicyclic) bond motifs is 1. The van der Waals surface area contributed by atoms with Gasteiger partial charge in [-0.1, -0.05) is 82.4 Å². The van der Waals surface area contributed by atoms with E-state index in [1.54, 1.807) is 114 Å². The summed E-state index contributed by atoms with van der Waals surface area (Å²) in [4.78, 5) is 2.91. The molecular formula is C58H45NO. The second kappa shape index (κ2) is 9.42. The number of aromatic hydroxyl groups is 1. The van der Waals surface area contributed by atoms with Crippen molar-refractivity contribution in [1.29, 1.82) is 0 Å². The molecule has 5 aliphatic carbocycles. The molecule has 1 saturated heterocycles. The molecule has 60 heavy (non-hydrogen) atoms. The van der Waals surface area contributed by atoms with Crippen LogP contribution >= 0.6 is 0 Å². The van der Waals surface area contributed by atoms with Crippen LogP contribution in [0.4, 0.5) is 5.69 Å². The Morgan fingerprint density at radius 1 is 0.583 bits per heavy atom. The van der Waals surface area contributed by atoms with Crippen molar-refractivity contribution < 1.29 is 5.11 Å². The van der Waals surface area contributed by atoms with Gasteiger partial charge in [0.15, 0.2) is 0 Å². The van der Waals surface area contributed by atoms with Gasteiger partial charge in [0, 0.05) is 29.6 Å². The summed E-state index contributed by atoms with van der Waals surface area (Å²) in [5.41, 5.74) is 11.9. The van der Waals surface area contributed by atoms with E-state index in [0.29, 0.717) is 29.5 Å². The lowest BCUT2D eigenvalue weighted by molar-refractivity contribution is 0.175. The topological polar surface area (TPSA) is 23.5 Å². The molecule has 0 radical (unpaired) electrons. The first-order valence-electron chi connectivity index (χ1n) is 24.0.